The van der Waals surface area contributed by atoms with E-state index < -0.39 is 5.54 Å². The van der Waals surface area contributed by atoms with Gasteiger partial charge in [0.1, 0.15) is 0 Å². The molecule has 56 valence electrons. The summed E-state index contributed by atoms with van der Waals surface area (Å²) in [5.74, 6) is -0.694. The van der Waals surface area contributed by atoms with E-state index in [0.29, 0.717) is 0 Å². The van der Waals surface area contributed by atoms with Crippen molar-refractivity contribution in [2.24, 2.45) is 0 Å². The molecule has 1 fully saturated rings. The molecule has 0 radical (unpaired) electrons. The molecule has 0 aromatic carbocycles. The zero-order valence-corrected chi connectivity index (χ0v) is 5.82. The smallest absolute Gasteiger partial charge is 0.268 e. The minimum absolute atomic E-state index is 0.347. The average molecular weight is 143 g/mol. The van der Waals surface area contributed by atoms with Crippen LogP contribution in [0.4, 0.5) is 0 Å². The number of carbonyl (C=O) groups excluding carboxylic acids is 2. The van der Waals surface area contributed by atoms with Crippen LogP contribution in [-0.4, -0.2) is 24.4 Å². The van der Waals surface area contributed by atoms with Gasteiger partial charge in [-0.05, 0) is 14.0 Å². The zero-order valence-electron chi connectivity index (χ0n) is 5.82. The molecule has 0 spiro atoms. The van der Waals surface area contributed by atoms with Crippen LogP contribution in [-0.2, 0) is 9.59 Å². The number of rotatable bonds is 1. The lowest BCUT2D eigenvalue weighted by Crippen LogP contribution is -2.51. The minimum atomic E-state index is -1.10. The molecule has 0 saturated carbocycles. The van der Waals surface area contributed by atoms with Gasteiger partial charge < -0.3 is 0 Å². The summed E-state index contributed by atoms with van der Waals surface area (Å²) >= 11 is 0. The first-order valence-electron chi connectivity index (χ1n) is 2.91. The molecule has 0 aliphatic carbocycles. The fourth-order valence-electron chi connectivity index (χ4n) is 0.694. The van der Waals surface area contributed by atoms with Crippen LogP contribution in [0.5, 0.6) is 0 Å². The standard InChI is InChI=1S/C5H9N3O2/c1-5(6-2)3(9)7-8-4(5)10/h6H,1-2H3,(H,7,9)(H,8,10). The molecule has 1 aliphatic heterocycles. The number of carbonyl (C=O) groups is 2. The summed E-state index contributed by atoms with van der Waals surface area (Å²) < 4.78 is 0. The van der Waals surface area contributed by atoms with Crippen molar-refractivity contribution in [3.63, 3.8) is 0 Å². The van der Waals surface area contributed by atoms with Crippen LogP contribution in [0.1, 0.15) is 6.92 Å². The van der Waals surface area contributed by atoms with Crippen molar-refractivity contribution in [2.45, 2.75) is 12.5 Å². The fraction of sp³-hybridized carbons (Fsp3) is 0.600. The maximum absolute atomic E-state index is 10.9. The van der Waals surface area contributed by atoms with Crippen LogP contribution < -0.4 is 16.2 Å². The quantitative estimate of drug-likeness (QED) is 0.376. The first-order chi connectivity index (χ1) is 4.61. The molecule has 1 saturated heterocycles. The Kier molecular flexibility index (Phi) is 1.37. The number of hydrogen-bond donors (Lipinski definition) is 3. The Morgan fingerprint density at radius 1 is 1.30 bits per heavy atom. The van der Waals surface area contributed by atoms with Crippen molar-refractivity contribution in [3.05, 3.63) is 0 Å². The van der Waals surface area contributed by atoms with Gasteiger partial charge in [-0.3, -0.25) is 25.8 Å². The first kappa shape index (κ1) is 7.01. The molecule has 1 aliphatic rings. The Morgan fingerprint density at radius 3 is 1.90 bits per heavy atom. The second kappa shape index (κ2) is 1.95. The number of hydrazine groups is 1. The van der Waals surface area contributed by atoms with E-state index >= 15 is 0 Å². The molecule has 0 unspecified atom stereocenters. The lowest BCUT2D eigenvalue weighted by atomic mass is 10.0. The molecular weight excluding hydrogens is 134 g/mol. The second-order valence-electron chi connectivity index (χ2n) is 2.28. The summed E-state index contributed by atoms with van der Waals surface area (Å²) in [7, 11) is 1.56. The van der Waals surface area contributed by atoms with Gasteiger partial charge in [-0.25, -0.2) is 0 Å². The summed E-state index contributed by atoms with van der Waals surface area (Å²) in [4.78, 5) is 21.8. The molecule has 0 aromatic heterocycles. The molecule has 10 heavy (non-hydrogen) atoms. The average Bonchev–Trinajstić information content (AvgIpc) is 2.18. The summed E-state index contributed by atoms with van der Waals surface area (Å²) in [6, 6.07) is 0. The van der Waals surface area contributed by atoms with E-state index in [1.807, 2.05) is 0 Å². The van der Waals surface area contributed by atoms with Gasteiger partial charge in [-0.1, -0.05) is 0 Å². The van der Waals surface area contributed by atoms with Gasteiger partial charge in [0.05, 0.1) is 0 Å². The highest BCUT2D eigenvalue weighted by Crippen LogP contribution is 2.06. The second-order valence-corrected chi connectivity index (χ2v) is 2.28. The molecular formula is C5H9N3O2. The molecule has 5 nitrogen and oxygen atoms in total. The Morgan fingerprint density at radius 2 is 1.70 bits per heavy atom. The summed E-state index contributed by atoms with van der Waals surface area (Å²) in [6.07, 6.45) is 0. The van der Waals surface area contributed by atoms with Crippen LogP contribution in [0.2, 0.25) is 0 Å². The lowest BCUT2D eigenvalue weighted by molar-refractivity contribution is -0.130. The van der Waals surface area contributed by atoms with E-state index in [0.717, 1.165) is 0 Å². The highest BCUT2D eigenvalue weighted by Gasteiger charge is 2.44. The van der Waals surface area contributed by atoms with Gasteiger partial charge >= 0.3 is 0 Å². The highest BCUT2D eigenvalue weighted by molar-refractivity contribution is 6.13. The first-order valence-corrected chi connectivity index (χ1v) is 2.91. The van der Waals surface area contributed by atoms with Crippen molar-refractivity contribution in [1.29, 1.82) is 0 Å². The molecule has 3 N–H and O–H groups in total. The Labute approximate surface area is 58.1 Å². The lowest BCUT2D eigenvalue weighted by Gasteiger charge is -2.14. The molecule has 1 heterocycles. The third kappa shape index (κ3) is 0.672. The van der Waals surface area contributed by atoms with Gasteiger partial charge in [0.25, 0.3) is 11.8 Å². The van der Waals surface area contributed by atoms with Gasteiger partial charge in [-0.2, -0.15) is 0 Å². The molecule has 2 amide bonds. The maximum Gasteiger partial charge on any atom is 0.268 e. The largest absolute Gasteiger partial charge is 0.299 e. The van der Waals surface area contributed by atoms with Gasteiger partial charge in [0.15, 0.2) is 5.54 Å². The van der Waals surface area contributed by atoms with E-state index in [9.17, 15) is 9.59 Å². The molecule has 0 atom stereocenters. The molecule has 0 aromatic rings. The van der Waals surface area contributed by atoms with E-state index in [4.69, 9.17) is 0 Å². The SMILES string of the molecule is CNC1(C)C(=O)NNC1=O. The molecule has 1 rings (SSSR count). The highest BCUT2D eigenvalue weighted by atomic mass is 16.2. The van der Waals surface area contributed by atoms with Crippen LogP contribution in [0.15, 0.2) is 0 Å². The van der Waals surface area contributed by atoms with E-state index in [1.165, 1.54) is 6.92 Å². The minimum Gasteiger partial charge on any atom is -0.299 e. The van der Waals surface area contributed by atoms with Crippen LogP contribution in [0, 0.1) is 0 Å². The van der Waals surface area contributed by atoms with Gasteiger partial charge in [-0.15, -0.1) is 0 Å². The van der Waals surface area contributed by atoms with Crippen LogP contribution in [0.3, 0.4) is 0 Å². The monoisotopic (exact) mass is 143 g/mol. The van der Waals surface area contributed by atoms with Crippen molar-refractivity contribution in [3.8, 4) is 0 Å². The van der Waals surface area contributed by atoms with Crippen molar-refractivity contribution in [1.82, 2.24) is 16.2 Å². The van der Waals surface area contributed by atoms with Gasteiger partial charge in [0.2, 0.25) is 0 Å². The topological polar surface area (TPSA) is 70.2 Å². The van der Waals surface area contributed by atoms with Crippen LogP contribution >= 0.6 is 0 Å². The summed E-state index contributed by atoms with van der Waals surface area (Å²) in [5, 5.41) is 2.62. The number of hydrogen-bond acceptors (Lipinski definition) is 3. The third-order valence-corrected chi connectivity index (χ3v) is 1.70. The van der Waals surface area contributed by atoms with E-state index in [1.54, 1.807) is 7.05 Å². The normalized spacial score (nSPS) is 22.2. The van der Waals surface area contributed by atoms with Crippen LogP contribution in [0.25, 0.3) is 0 Å². The number of nitrogens with one attached hydrogen (secondary N) is 3. The van der Waals surface area contributed by atoms with E-state index in [-0.39, 0.29) is 11.8 Å². The predicted molar refractivity (Wildman–Crippen MR) is 33.8 cm³/mol. The van der Waals surface area contributed by atoms with Crippen molar-refractivity contribution >= 4 is 11.8 Å². The predicted octanol–water partition coefficient (Wildman–Crippen LogP) is -1.87. The Balaban J connectivity index is 2.90. The van der Waals surface area contributed by atoms with Crippen molar-refractivity contribution < 1.29 is 9.59 Å². The zero-order chi connectivity index (χ0) is 7.78. The maximum atomic E-state index is 10.9. The Hall–Kier alpha value is -1.10. The fourth-order valence-corrected chi connectivity index (χ4v) is 0.694. The Bertz CT molecular complexity index is 173. The third-order valence-electron chi connectivity index (χ3n) is 1.70. The number of amides is 2. The summed E-state index contributed by atoms with van der Waals surface area (Å²) in [6.45, 7) is 1.52. The van der Waals surface area contributed by atoms with Crippen molar-refractivity contribution in [2.75, 3.05) is 7.05 Å². The van der Waals surface area contributed by atoms with E-state index in [2.05, 4.69) is 16.2 Å². The number of likely N-dealkylation sites (N-methyl/N-ethyl adjacent to an activating group) is 1. The van der Waals surface area contributed by atoms with Gasteiger partial charge in [0, 0.05) is 0 Å². The molecule has 5 heteroatoms. The summed E-state index contributed by atoms with van der Waals surface area (Å²) in [5.41, 5.74) is 3.32. The molecule has 0 bridgehead atoms.